The second kappa shape index (κ2) is 11.5. The van der Waals surface area contributed by atoms with E-state index < -0.39 is 11.8 Å². The van der Waals surface area contributed by atoms with Gasteiger partial charge in [-0.15, -0.1) is 0 Å². The summed E-state index contributed by atoms with van der Waals surface area (Å²) in [5, 5.41) is 24.1. The van der Waals surface area contributed by atoms with Crippen LogP contribution in [0.1, 0.15) is 63.1 Å². The molecule has 37 heavy (non-hydrogen) atoms. The van der Waals surface area contributed by atoms with Crippen LogP contribution in [0.4, 0.5) is 0 Å². The predicted molar refractivity (Wildman–Crippen MR) is 139 cm³/mol. The zero-order valence-corrected chi connectivity index (χ0v) is 21.5. The van der Waals surface area contributed by atoms with Gasteiger partial charge in [-0.3, -0.25) is 9.59 Å². The van der Waals surface area contributed by atoms with Crippen molar-refractivity contribution in [3.63, 3.8) is 0 Å². The van der Waals surface area contributed by atoms with Crippen molar-refractivity contribution in [3.8, 4) is 17.2 Å². The highest BCUT2D eigenvalue weighted by Crippen LogP contribution is 2.34. The molecule has 2 heterocycles. The number of fused-ring (bicyclic) bond motifs is 1. The number of benzene rings is 2. The van der Waals surface area contributed by atoms with Gasteiger partial charge < -0.3 is 29.6 Å². The fourth-order valence-corrected chi connectivity index (χ4v) is 4.64. The molecule has 2 aromatic carbocycles. The number of aromatic hydroxyl groups is 2. The van der Waals surface area contributed by atoms with Crippen LogP contribution in [0.2, 0.25) is 0 Å². The lowest BCUT2D eigenvalue weighted by Gasteiger charge is -2.18. The standard InChI is InChI=1S/C29H34N2O6/c1-4-19(12-23-8-6-18(2)37-23)28(34)24-14-25(27(33)15-26(24)32)29(35)31-16-20-7-9-22(13-21(20)17-31)36-11-5-10-30-3/h6-9,13-15,19,30,32-33H,4-5,10-12,16-17H2,1-3H3/t19-/m0/s1. The first-order valence-electron chi connectivity index (χ1n) is 12.6. The number of hydrogen-bond acceptors (Lipinski definition) is 7. The minimum absolute atomic E-state index is 0.0128. The number of carbonyl (C=O) groups excluding carboxylic acids is 2. The Labute approximate surface area is 216 Å². The van der Waals surface area contributed by atoms with Crippen molar-refractivity contribution < 1.29 is 29.0 Å². The van der Waals surface area contributed by atoms with Crippen LogP contribution in [-0.4, -0.2) is 47.0 Å². The number of phenols is 2. The Balaban J connectivity index is 1.50. The van der Waals surface area contributed by atoms with Gasteiger partial charge >= 0.3 is 0 Å². The van der Waals surface area contributed by atoms with E-state index in [1.54, 1.807) is 4.90 Å². The molecule has 3 N–H and O–H groups in total. The van der Waals surface area contributed by atoms with Crippen LogP contribution in [0.5, 0.6) is 17.2 Å². The van der Waals surface area contributed by atoms with E-state index in [1.807, 2.05) is 51.2 Å². The number of rotatable bonds is 11. The highest BCUT2D eigenvalue weighted by Gasteiger charge is 2.30. The number of ketones is 1. The van der Waals surface area contributed by atoms with Gasteiger partial charge in [0.15, 0.2) is 5.78 Å². The molecule has 8 heteroatoms. The topological polar surface area (TPSA) is 112 Å². The third kappa shape index (κ3) is 5.97. The van der Waals surface area contributed by atoms with Gasteiger partial charge in [0.2, 0.25) is 0 Å². The Hall–Kier alpha value is -3.78. The van der Waals surface area contributed by atoms with Crippen molar-refractivity contribution in [1.82, 2.24) is 10.2 Å². The van der Waals surface area contributed by atoms with Crippen molar-refractivity contribution in [3.05, 3.63) is 76.2 Å². The van der Waals surface area contributed by atoms with E-state index in [1.165, 1.54) is 6.07 Å². The zero-order chi connectivity index (χ0) is 26.5. The van der Waals surface area contributed by atoms with Gasteiger partial charge in [-0.25, -0.2) is 0 Å². The van der Waals surface area contributed by atoms with Crippen molar-refractivity contribution in [2.75, 3.05) is 20.2 Å². The Morgan fingerprint density at radius 3 is 2.51 bits per heavy atom. The molecule has 0 spiro atoms. The lowest BCUT2D eigenvalue weighted by molar-refractivity contribution is 0.0748. The molecule has 0 unspecified atom stereocenters. The normalized spacial score (nSPS) is 13.4. The van der Waals surface area contributed by atoms with Gasteiger partial charge in [0.25, 0.3) is 5.91 Å². The van der Waals surface area contributed by atoms with Crippen molar-refractivity contribution in [2.24, 2.45) is 5.92 Å². The van der Waals surface area contributed by atoms with E-state index in [4.69, 9.17) is 9.15 Å². The maximum absolute atomic E-state index is 13.4. The van der Waals surface area contributed by atoms with E-state index >= 15 is 0 Å². The van der Waals surface area contributed by atoms with Gasteiger partial charge in [-0.05, 0) is 74.8 Å². The predicted octanol–water partition coefficient (Wildman–Crippen LogP) is 4.60. The summed E-state index contributed by atoms with van der Waals surface area (Å²) >= 11 is 0. The number of aryl methyl sites for hydroxylation is 1. The number of phenolic OH excluding ortho intramolecular Hbond substituents is 2. The summed E-state index contributed by atoms with van der Waals surface area (Å²) in [6.45, 7) is 5.94. The Morgan fingerprint density at radius 2 is 1.81 bits per heavy atom. The first-order chi connectivity index (χ1) is 17.8. The Bertz CT molecular complexity index is 1280. The third-order valence-electron chi connectivity index (χ3n) is 6.74. The summed E-state index contributed by atoms with van der Waals surface area (Å²) in [5.74, 6) is 0.343. The van der Waals surface area contributed by atoms with Crippen LogP contribution >= 0.6 is 0 Å². The number of carbonyl (C=O) groups is 2. The fraction of sp³-hybridized carbons (Fsp3) is 0.379. The number of furan rings is 1. The summed E-state index contributed by atoms with van der Waals surface area (Å²) in [4.78, 5) is 28.3. The quantitative estimate of drug-likeness (QED) is 0.257. The molecule has 1 aromatic heterocycles. The number of hydrogen-bond donors (Lipinski definition) is 3. The summed E-state index contributed by atoms with van der Waals surface area (Å²) < 4.78 is 11.4. The molecule has 196 valence electrons. The number of amides is 1. The lowest BCUT2D eigenvalue weighted by atomic mass is 9.90. The minimum atomic E-state index is -0.438. The van der Waals surface area contributed by atoms with Crippen LogP contribution in [0.3, 0.4) is 0 Å². The fourth-order valence-electron chi connectivity index (χ4n) is 4.64. The monoisotopic (exact) mass is 506 g/mol. The molecule has 3 aromatic rings. The molecule has 1 aliphatic heterocycles. The van der Waals surface area contributed by atoms with E-state index in [0.29, 0.717) is 38.3 Å². The van der Waals surface area contributed by atoms with E-state index in [0.717, 1.165) is 41.7 Å². The summed E-state index contributed by atoms with van der Waals surface area (Å²) in [6.07, 6.45) is 1.80. The Kier molecular flexibility index (Phi) is 8.18. The first-order valence-corrected chi connectivity index (χ1v) is 12.6. The van der Waals surface area contributed by atoms with Crippen LogP contribution in [0, 0.1) is 12.8 Å². The molecule has 1 amide bonds. The van der Waals surface area contributed by atoms with Crippen LogP contribution in [-0.2, 0) is 19.5 Å². The molecule has 1 aliphatic rings. The molecule has 0 radical (unpaired) electrons. The molecule has 4 rings (SSSR count). The largest absolute Gasteiger partial charge is 0.507 e. The van der Waals surface area contributed by atoms with Crippen LogP contribution in [0.15, 0.2) is 46.9 Å². The number of nitrogens with one attached hydrogen (secondary N) is 1. The summed E-state index contributed by atoms with van der Waals surface area (Å²) in [7, 11) is 1.90. The van der Waals surface area contributed by atoms with Gasteiger partial charge in [0, 0.05) is 31.5 Å². The van der Waals surface area contributed by atoms with E-state index in [2.05, 4.69) is 5.32 Å². The smallest absolute Gasteiger partial charge is 0.258 e. The molecule has 0 saturated heterocycles. The lowest BCUT2D eigenvalue weighted by Crippen LogP contribution is -2.26. The molecular formula is C29H34N2O6. The van der Waals surface area contributed by atoms with E-state index in [-0.39, 0.29) is 28.4 Å². The van der Waals surface area contributed by atoms with Crippen molar-refractivity contribution in [1.29, 1.82) is 0 Å². The van der Waals surface area contributed by atoms with Crippen LogP contribution in [0.25, 0.3) is 0 Å². The van der Waals surface area contributed by atoms with Crippen LogP contribution < -0.4 is 10.1 Å². The average Bonchev–Trinajstić information content (AvgIpc) is 3.50. The molecule has 8 nitrogen and oxygen atoms in total. The maximum Gasteiger partial charge on any atom is 0.258 e. The average molecular weight is 507 g/mol. The molecule has 0 fully saturated rings. The molecule has 0 saturated carbocycles. The van der Waals surface area contributed by atoms with E-state index in [9.17, 15) is 19.8 Å². The highest BCUT2D eigenvalue weighted by molar-refractivity contribution is 6.05. The second-order valence-electron chi connectivity index (χ2n) is 9.47. The number of Topliss-reactive ketones (excluding diaryl/α,β-unsaturated/α-hetero) is 1. The van der Waals surface area contributed by atoms with Gasteiger partial charge in [0.1, 0.15) is 28.8 Å². The first kappa shape index (κ1) is 26.3. The van der Waals surface area contributed by atoms with Gasteiger partial charge in [-0.1, -0.05) is 13.0 Å². The molecular weight excluding hydrogens is 472 g/mol. The molecule has 0 aliphatic carbocycles. The highest BCUT2D eigenvalue weighted by atomic mass is 16.5. The second-order valence-corrected chi connectivity index (χ2v) is 9.47. The van der Waals surface area contributed by atoms with Gasteiger partial charge in [0.05, 0.1) is 17.7 Å². The maximum atomic E-state index is 13.4. The third-order valence-corrected chi connectivity index (χ3v) is 6.74. The summed E-state index contributed by atoms with van der Waals surface area (Å²) in [5.41, 5.74) is 1.99. The molecule has 1 atom stereocenters. The molecule has 0 bridgehead atoms. The number of nitrogens with zero attached hydrogens (tertiary/aromatic N) is 1. The minimum Gasteiger partial charge on any atom is -0.507 e. The van der Waals surface area contributed by atoms with Crippen molar-refractivity contribution >= 4 is 11.7 Å². The SMILES string of the molecule is CC[C@@H](Cc1ccc(C)o1)C(=O)c1cc(C(=O)N2Cc3ccc(OCCCNC)cc3C2)c(O)cc1O. The van der Waals surface area contributed by atoms with Crippen molar-refractivity contribution in [2.45, 2.75) is 46.2 Å². The van der Waals surface area contributed by atoms with Gasteiger partial charge in [-0.2, -0.15) is 0 Å². The number of ether oxygens (including phenoxy) is 1. The summed E-state index contributed by atoms with van der Waals surface area (Å²) in [6, 6.07) is 11.8. The Morgan fingerprint density at radius 1 is 1.05 bits per heavy atom. The zero-order valence-electron chi connectivity index (χ0n) is 21.5.